The van der Waals surface area contributed by atoms with Crippen LogP contribution >= 0.6 is 0 Å². The Bertz CT molecular complexity index is 55.2. The van der Waals surface area contributed by atoms with Gasteiger partial charge in [0.25, 0.3) is 0 Å². The minimum absolute atomic E-state index is 0.528. The molecule has 1 radical (unpaired) electrons. The van der Waals surface area contributed by atoms with Crippen LogP contribution in [0, 0.1) is 6.92 Å². The lowest BCUT2D eigenvalue weighted by atomic mass is 10.3. The molecule has 0 aliphatic rings. The topological polar surface area (TPSA) is 20.2 Å². The molecular formula is C6H11O. The zero-order valence-electron chi connectivity index (χ0n) is 4.59. The fourth-order valence-corrected chi connectivity index (χ4v) is 0.293. The highest BCUT2D eigenvalue weighted by Gasteiger charge is 1.80. The molecular weight excluding hydrogens is 88.1 g/mol. The van der Waals surface area contributed by atoms with Gasteiger partial charge in [0.15, 0.2) is 0 Å². The Balaban J connectivity index is 3.08. The molecule has 1 N–H and O–H groups in total. The third kappa shape index (κ3) is 5.70. The molecule has 41 valence electrons. The van der Waals surface area contributed by atoms with E-state index in [1.807, 2.05) is 13.0 Å². The highest BCUT2D eigenvalue weighted by molar-refractivity contribution is 4.88. The van der Waals surface area contributed by atoms with E-state index < -0.39 is 6.10 Å². The van der Waals surface area contributed by atoms with E-state index in [1.54, 1.807) is 6.08 Å². The molecule has 0 fully saturated rings. The van der Waals surface area contributed by atoms with Crippen molar-refractivity contribution in [2.24, 2.45) is 0 Å². The van der Waals surface area contributed by atoms with Crippen molar-refractivity contribution < 1.29 is 5.11 Å². The summed E-state index contributed by atoms with van der Waals surface area (Å²) in [5, 5.41) is 8.49. The van der Waals surface area contributed by atoms with Crippen LogP contribution in [0.5, 0.6) is 0 Å². The van der Waals surface area contributed by atoms with E-state index in [4.69, 9.17) is 5.11 Å². The summed E-state index contributed by atoms with van der Waals surface area (Å²) in [6.45, 7) is 5.36. The maximum Gasteiger partial charge on any atom is 0.0722 e. The SMILES string of the molecule is [CH2]C(O)/C=C/CC. The summed E-state index contributed by atoms with van der Waals surface area (Å²) in [7, 11) is 0. The van der Waals surface area contributed by atoms with Crippen molar-refractivity contribution in [3.63, 3.8) is 0 Å². The van der Waals surface area contributed by atoms with Crippen molar-refractivity contribution in [3.05, 3.63) is 19.1 Å². The highest BCUT2D eigenvalue weighted by Crippen LogP contribution is 1.83. The van der Waals surface area contributed by atoms with Gasteiger partial charge in [0, 0.05) is 0 Å². The van der Waals surface area contributed by atoms with Gasteiger partial charge in [0.2, 0.25) is 0 Å². The number of hydrogen-bond acceptors (Lipinski definition) is 1. The second kappa shape index (κ2) is 3.88. The molecule has 0 saturated carbocycles. The fourth-order valence-electron chi connectivity index (χ4n) is 0.293. The van der Waals surface area contributed by atoms with Gasteiger partial charge in [-0.25, -0.2) is 0 Å². The summed E-state index contributed by atoms with van der Waals surface area (Å²) in [6, 6.07) is 0. The number of aliphatic hydroxyl groups is 1. The summed E-state index contributed by atoms with van der Waals surface area (Å²) in [5.74, 6) is 0. The number of aliphatic hydroxyl groups excluding tert-OH is 1. The normalized spacial score (nSPS) is 15.3. The van der Waals surface area contributed by atoms with Crippen molar-refractivity contribution >= 4 is 0 Å². The van der Waals surface area contributed by atoms with Crippen molar-refractivity contribution in [2.75, 3.05) is 0 Å². The number of allylic oxidation sites excluding steroid dienone is 1. The van der Waals surface area contributed by atoms with Crippen LogP contribution in [0.25, 0.3) is 0 Å². The van der Waals surface area contributed by atoms with Crippen LogP contribution in [-0.4, -0.2) is 11.2 Å². The molecule has 0 aliphatic carbocycles. The van der Waals surface area contributed by atoms with Crippen molar-refractivity contribution in [2.45, 2.75) is 19.4 Å². The van der Waals surface area contributed by atoms with Gasteiger partial charge in [-0.15, -0.1) is 0 Å². The van der Waals surface area contributed by atoms with Gasteiger partial charge >= 0.3 is 0 Å². The predicted octanol–water partition coefficient (Wildman–Crippen LogP) is 1.15. The molecule has 1 heteroatoms. The Hall–Kier alpha value is -0.300. The summed E-state index contributed by atoms with van der Waals surface area (Å²) in [6.07, 6.45) is 3.99. The molecule has 7 heavy (non-hydrogen) atoms. The van der Waals surface area contributed by atoms with Gasteiger partial charge in [0.1, 0.15) is 0 Å². The Labute approximate surface area is 44.7 Å². The molecule has 0 aromatic rings. The van der Waals surface area contributed by atoms with Crippen molar-refractivity contribution in [3.8, 4) is 0 Å². The fraction of sp³-hybridized carbons (Fsp3) is 0.500. The minimum atomic E-state index is -0.528. The third-order valence-electron chi connectivity index (χ3n) is 0.594. The Morgan fingerprint density at radius 1 is 1.86 bits per heavy atom. The van der Waals surface area contributed by atoms with Crippen molar-refractivity contribution in [1.29, 1.82) is 0 Å². The summed E-state index contributed by atoms with van der Waals surface area (Å²) < 4.78 is 0. The lowest BCUT2D eigenvalue weighted by Crippen LogP contribution is -1.91. The standard InChI is InChI=1S/C6H11O/c1-3-4-5-6(2)7/h4-7H,2-3H2,1H3/b5-4+. The third-order valence-corrected chi connectivity index (χ3v) is 0.594. The van der Waals surface area contributed by atoms with Crippen LogP contribution < -0.4 is 0 Å². The Morgan fingerprint density at radius 2 is 2.43 bits per heavy atom. The number of rotatable bonds is 2. The molecule has 0 saturated heterocycles. The first-order valence-corrected chi connectivity index (χ1v) is 2.45. The van der Waals surface area contributed by atoms with Crippen LogP contribution in [0.1, 0.15) is 13.3 Å². The lowest BCUT2D eigenvalue weighted by Gasteiger charge is -1.88. The first-order chi connectivity index (χ1) is 3.27. The van der Waals surface area contributed by atoms with E-state index in [9.17, 15) is 0 Å². The maximum atomic E-state index is 8.49. The lowest BCUT2D eigenvalue weighted by molar-refractivity contribution is 0.269. The minimum Gasteiger partial charge on any atom is -0.389 e. The zero-order chi connectivity index (χ0) is 5.70. The van der Waals surface area contributed by atoms with Gasteiger partial charge in [0.05, 0.1) is 6.10 Å². The summed E-state index contributed by atoms with van der Waals surface area (Å²) in [4.78, 5) is 0. The predicted molar refractivity (Wildman–Crippen MR) is 30.8 cm³/mol. The summed E-state index contributed by atoms with van der Waals surface area (Å²) >= 11 is 0. The van der Waals surface area contributed by atoms with Gasteiger partial charge in [-0.1, -0.05) is 19.1 Å². The molecule has 0 rings (SSSR count). The van der Waals surface area contributed by atoms with Gasteiger partial charge in [-0.3, -0.25) is 0 Å². The van der Waals surface area contributed by atoms with E-state index in [2.05, 4.69) is 6.92 Å². The highest BCUT2D eigenvalue weighted by atomic mass is 16.3. The molecule has 0 bridgehead atoms. The van der Waals surface area contributed by atoms with E-state index >= 15 is 0 Å². The van der Waals surface area contributed by atoms with Crippen molar-refractivity contribution in [1.82, 2.24) is 0 Å². The van der Waals surface area contributed by atoms with E-state index in [0.717, 1.165) is 6.42 Å². The number of hydrogen-bond donors (Lipinski definition) is 1. The van der Waals surface area contributed by atoms with E-state index in [0.29, 0.717) is 0 Å². The average molecular weight is 99.2 g/mol. The smallest absolute Gasteiger partial charge is 0.0722 e. The zero-order valence-corrected chi connectivity index (χ0v) is 4.59. The van der Waals surface area contributed by atoms with E-state index in [1.165, 1.54) is 0 Å². The first-order valence-electron chi connectivity index (χ1n) is 2.45. The molecule has 1 nitrogen and oxygen atoms in total. The van der Waals surface area contributed by atoms with Crippen LogP contribution in [-0.2, 0) is 0 Å². The Morgan fingerprint density at radius 3 is 2.57 bits per heavy atom. The second-order valence-electron chi connectivity index (χ2n) is 1.40. The molecule has 0 aromatic carbocycles. The average Bonchev–Trinajstić information content (AvgIpc) is 1.61. The molecule has 0 amide bonds. The Kier molecular flexibility index (Phi) is 3.71. The molecule has 0 aliphatic heterocycles. The van der Waals surface area contributed by atoms with Gasteiger partial charge in [-0.05, 0) is 13.3 Å². The molecule has 0 aromatic heterocycles. The van der Waals surface area contributed by atoms with Crippen LogP contribution in [0.4, 0.5) is 0 Å². The summed E-state index contributed by atoms with van der Waals surface area (Å²) in [5.41, 5.74) is 0. The maximum absolute atomic E-state index is 8.49. The molecule has 1 unspecified atom stereocenters. The van der Waals surface area contributed by atoms with Crippen LogP contribution in [0.2, 0.25) is 0 Å². The van der Waals surface area contributed by atoms with Gasteiger partial charge in [-0.2, -0.15) is 0 Å². The first kappa shape index (κ1) is 6.70. The quantitative estimate of drug-likeness (QED) is 0.515. The van der Waals surface area contributed by atoms with Crippen LogP contribution in [0.15, 0.2) is 12.2 Å². The second-order valence-corrected chi connectivity index (χ2v) is 1.40. The van der Waals surface area contributed by atoms with E-state index in [-0.39, 0.29) is 0 Å². The van der Waals surface area contributed by atoms with Gasteiger partial charge < -0.3 is 5.11 Å². The van der Waals surface area contributed by atoms with Crippen LogP contribution in [0.3, 0.4) is 0 Å². The molecule has 1 atom stereocenters. The largest absolute Gasteiger partial charge is 0.389 e. The monoisotopic (exact) mass is 99.1 g/mol. The molecule has 0 spiro atoms. The molecule has 0 heterocycles.